The van der Waals surface area contributed by atoms with Gasteiger partial charge in [0.05, 0.1) is 7.11 Å². The fourth-order valence-electron chi connectivity index (χ4n) is 1.88. The number of nitrogens with two attached hydrogens (primary N) is 1. The van der Waals surface area contributed by atoms with Crippen LogP contribution in [0.5, 0.6) is 5.75 Å². The zero-order valence-electron chi connectivity index (χ0n) is 11.2. The third kappa shape index (κ3) is 3.75. The van der Waals surface area contributed by atoms with Crippen molar-refractivity contribution in [2.45, 2.75) is 23.1 Å². The van der Waals surface area contributed by atoms with E-state index in [-0.39, 0.29) is 6.04 Å². The third-order valence-corrected chi connectivity index (χ3v) is 4.28. The van der Waals surface area contributed by atoms with Crippen LogP contribution in [0.25, 0.3) is 0 Å². The average Bonchev–Trinajstić information content (AvgIpc) is 2.47. The molecule has 0 amide bonds. The Kier molecular flexibility index (Phi) is 4.88. The van der Waals surface area contributed by atoms with Crippen molar-refractivity contribution in [2.24, 2.45) is 5.73 Å². The van der Waals surface area contributed by atoms with Crippen molar-refractivity contribution in [1.82, 2.24) is 0 Å². The molecule has 2 nitrogen and oxygen atoms in total. The van der Waals surface area contributed by atoms with Crippen LogP contribution in [-0.2, 0) is 0 Å². The molecular formula is C16H19NOS. The summed E-state index contributed by atoms with van der Waals surface area (Å²) in [6, 6.07) is 18.3. The van der Waals surface area contributed by atoms with E-state index < -0.39 is 0 Å². The number of thioether (sulfide) groups is 1. The van der Waals surface area contributed by atoms with E-state index in [4.69, 9.17) is 10.5 Å². The van der Waals surface area contributed by atoms with Gasteiger partial charge in [0.1, 0.15) is 5.75 Å². The molecule has 100 valence electrons. The summed E-state index contributed by atoms with van der Waals surface area (Å²) in [6.07, 6.45) is 0. The molecule has 2 N–H and O–H groups in total. The molecule has 0 aromatic heterocycles. The van der Waals surface area contributed by atoms with Gasteiger partial charge in [0.2, 0.25) is 0 Å². The lowest BCUT2D eigenvalue weighted by molar-refractivity contribution is 0.414. The summed E-state index contributed by atoms with van der Waals surface area (Å²) < 4.78 is 5.16. The number of methoxy groups -OCH3 is 1. The lowest BCUT2D eigenvalue weighted by atomic mass is 10.1. The largest absolute Gasteiger partial charge is 0.497 e. The second kappa shape index (κ2) is 6.64. The van der Waals surface area contributed by atoms with Crippen LogP contribution < -0.4 is 10.5 Å². The molecule has 0 saturated heterocycles. The number of hydrogen-bond acceptors (Lipinski definition) is 3. The summed E-state index contributed by atoms with van der Waals surface area (Å²) in [6.45, 7) is 2.16. The molecule has 3 heteroatoms. The van der Waals surface area contributed by atoms with Crippen molar-refractivity contribution >= 4 is 11.8 Å². The number of hydrogen-bond donors (Lipinski definition) is 1. The molecule has 2 aromatic carbocycles. The first-order chi connectivity index (χ1) is 9.20. The van der Waals surface area contributed by atoms with E-state index in [2.05, 4.69) is 19.1 Å². The molecule has 0 radical (unpaired) electrons. The highest BCUT2D eigenvalue weighted by molar-refractivity contribution is 8.00. The highest BCUT2D eigenvalue weighted by Crippen LogP contribution is 2.30. The summed E-state index contributed by atoms with van der Waals surface area (Å²) in [5.41, 5.74) is 7.45. The lowest BCUT2D eigenvalue weighted by Crippen LogP contribution is -2.20. The van der Waals surface area contributed by atoms with Crippen LogP contribution in [-0.4, -0.2) is 12.4 Å². The van der Waals surface area contributed by atoms with Gasteiger partial charge >= 0.3 is 0 Å². The minimum Gasteiger partial charge on any atom is -0.497 e. The van der Waals surface area contributed by atoms with E-state index in [9.17, 15) is 0 Å². The van der Waals surface area contributed by atoms with Crippen molar-refractivity contribution in [2.75, 3.05) is 7.11 Å². The van der Waals surface area contributed by atoms with Crippen LogP contribution in [0.1, 0.15) is 18.5 Å². The van der Waals surface area contributed by atoms with Gasteiger partial charge in [-0.05, 0) is 29.8 Å². The van der Waals surface area contributed by atoms with Crippen LogP contribution >= 0.6 is 11.8 Å². The second-order valence-electron chi connectivity index (χ2n) is 4.43. The quantitative estimate of drug-likeness (QED) is 0.840. The van der Waals surface area contributed by atoms with Crippen molar-refractivity contribution in [3.8, 4) is 5.75 Å². The minimum atomic E-state index is 0.0103. The number of ether oxygens (including phenoxy) is 1. The molecule has 0 aliphatic heterocycles. The van der Waals surface area contributed by atoms with Crippen LogP contribution in [0.4, 0.5) is 0 Å². The molecule has 0 saturated carbocycles. The molecule has 0 fully saturated rings. The highest BCUT2D eigenvalue weighted by atomic mass is 32.2. The van der Waals surface area contributed by atoms with Gasteiger partial charge in [-0.3, -0.25) is 0 Å². The Hall–Kier alpha value is -1.45. The molecule has 0 heterocycles. The maximum absolute atomic E-state index is 6.32. The standard InChI is InChI=1S/C16H19NOS/c1-12(19-15-6-4-3-5-7-15)16(17)13-8-10-14(18-2)11-9-13/h3-12,16H,17H2,1-2H3/t12-,16-/m1/s1. The van der Waals surface area contributed by atoms with E-state index in [1.54, 1.807) is 18.9 Å². The predicted octanol–water partition coefficient (Wildman–Crippen LogP) is 3.88. The maximum Gasteiger partial charge on any atom is 0.118 e. The van der Waals surface area contributed by atoms with E-state index in [1.807, 2.05) is 42.5 Å². The van der Waals surface area contributed by atoms with Crippen LogP contribution in [0.3, 0.4) is 0 Å². The first kappa shape index (κ1) is 14.0. The molecule has 0 aliphatic rings. The summed E-state index contributed by atoms with van der Waals surface area (Å²) in [4.78, 5) is 1.25. The normalized spacial score (nSPS) is 13.8. The number of rotatable bonds is 5. The monoisotopic (exact) mass is 273 g/mol. The Morgan fingerprint density at radius 1 is 1.00 bits per heavy atom. The Bertz CT molecular complexity index is 498. The molecule has 0 spiro atoms. The van der Waals surface area contributed by atoms with Crippen molar-refractivity contribution < 1.29 is 4.74 Å². The Morgan fingerprint density at radius 3 is 2.21 bits per heavy atom. The number of benzene rings is 2. The average molecular weight is 273 g/mol. The molecular weight excluding hydrogens is 254 g/mol. The summed E-state index contributed by atoms with van der Waals surface area (Å²) in [5, 5.41) is 0.316. The van der Waals surface area contributed by atoms with Gasteiger partial charge in [0, 0.05) is 16.2 Å². The lowest BCUT2D eigenvalue weighted by Gasteiger charge is -2.20. The van der Waals surface area contributed by atoms with Gasteiger partial charge in [-0.1, -0.05) is 37.3 Å². The van der Waals surface area contributed by atoms with Gasteiger partial charge in [-0.15, -0.1) is 11.8 Å². The maximum atomic E-state index is 6.32. The Labute approximate surface area is 119 Å². The van der Waals surface area contributed by atoms with Gasteiger partial charge in [-0.2, -0.15) is 0 Å². The van der Waals surface area contributed by atoms with Crippen molar-refractivity contribution in [3.63, 3.8) is 0 Å². The Morgan fingerprint density at radius 2 is 1.63 bits per heavy atom. The van der Waals surface area contributed by atoms with Gasteiger partial charge in [0.25, 0.3) is 0 Å². The van der Waals surface area contributed by atoms with Crippen molar-refractivity contribution in [3.05, 3.63) is 60.2 Å². The summed E-state index contributed by atoms with van der Waals surface area (Å²) in [5.74, 6) is 0.860. The van der Waals surface area contributed by atoms with Crippen molar-refractivity contribution in [1.29, 1.82) is 0 Å². The van der Waals surface area contributed by atoms with Crippen LogP contribution in [0.15, 0.2) is 59.5 Å². The topological polar surface area (TPSA) is 35.2 Å². The van der Waals surface area contributed by atoms with Crippen LogP contribution in [0, 0.1) is 0 Å². The zero-order valence-corrected chi connectivity index (χ0v) is 12.1. The molecule has 2 rings (SSSR count). The van der Waals surface area contributed by atoms with Crippen LogP contribution in [0.2, 0.25) is 0 Å². The third-order valence-electron chi connectivity index (χ3n) is 3.07. The first-order valence-corrected chi connectivity index (χ1v) is 7.20. The minimum absolute atomic E-state index is 0.0103. The molecule has 0 bridgehead atoms. The molecule has 0 unspecified atom stereocenters. The van der Waals surface area contributed by atoms with Gasteiger partial charge in [0.15, 0.2) is 0 Å². The summed E-state index contributed by atoms with van der Waals surface area (Å²) >= 11 is 1.80. The van der Waals surface area contributed by atoms with Gasteiger partial charge in [-0.25, -0.2) is 0 Å². The van der Waals surface area contributed by atoms with E-state index in [0.717, 1.165) is 11.3 Å². The van der Waals surface area contributed by atoms with E-state index in [0.29, 0.717) is 5.25 Å². The first-order valence-electron chi connectivity index (χ1n) is 6.32. The fraction of sp³-hybridized carbons (Fsp3) is 0.250. The molecule has 2 atom stereocenters. The Balaban J connectivity index is 2.03. The highest BCUT2D eigenvalue weighted by Gasteiger charge is 2.16. The second-order valence-corrected chi connectivity index (χ2v) is 5.89. The predicted molar refractivity (Wildman–Crippen MR) is 81.7 cm³/mol. The van der Waals surface area contributed by atoms with E-state index in [1.165, 1.54) is 4.90 Å². The molecule has 0 aliphatic carbocycles. The molecule has 19 heavy (non-hydrogen) atoms. The summed E-state index contributed by atoms with van der Waals surface area (Å²) in [7, 11) is 1.67. The fourth-order valence-corrected chi connectivity index (χ4v) is 2.93. The SMILES string of the molecule is COc1ccc([C@H](N)[C@@H](C)Sc2ccccc2)cc1. The van der Waals surface area contributed by atoms with E-state index >= 15 is 0 Å². The smallest absolute Gasteiger partial charge is 0.118 e. The zero-order chi connectivity index (χ0) is 13.7. The van der Waals surface area contributed by atoms with Gasteiger partial charge < -0.3 is 10.5 Å². The molecule has 2 aromatic rings.